The van der Waals surface area contributed by atoms with Crippen molar-refractivity contribution in [2.75, 3.05) is 11.9 Å². The van der Waals surface area contributed by atoms with Gasteiger partial charge in [-0.1, -0.05) is 24.4 Å². The number of anilines is 1. The second-order valence-electron chi connectivity index (χ2n) is 6.08. The van der Waals surface area contributed by atoms with Crippen LogP contribution >= 0.6 is 11.6 Å². The summed E-state index contributed by atoms with van der Waals surface area (Å²) in [6, 6.07) is 4.42. The van der Waals surface area contributed by atoms with E-state index in [1.54, 1.807) is 0 Å². The van der Waals surface area contributed by atoms with Crippen molar-refractivity contribution in [3.63, 3.8) is 0 Å². The molecule has 2 fully saturated rings. The summed E-state index contributed by atoms with van der Waals surface area (Å²) in [7, 11) is 0. The van der Waals surface area contributed by atoms with Crippen molar-refractivity contribution in [1.82, 2.24) is 4.98 Å². The number of nitrogens with zero attached hydrogens (tertiary/aromatic N) is 1. The molecule has 0 aromatic carbocycles. The van der Waals surface area contributed by atoms with Gasteiger partial charge in [-0.15, -0.1) is 0 Å². The Morgan fingerprint density at radius 1 is 1.40 bits per heavy atom. The molecule has 2 aliphatic carbocycles. The van der Waals surface area contributed by atoms with E-state index < -0.39 is 0 Å². The van der Waals surface area contributed by atoms with Gasteiger partial charge in [0.1, 0.15) is 5.15 Å². The van der Waals surface area contributed by atoms with Gasteiger partial charge in [0, 0.05) is 18.1 Å². The maximum atomic E-state index is 5.96. The molecule has 20 heavy (non-hydrogen) atoms. The van der Waals surface area contributed by atoms with Gasteiger partial charge in [0.15, 0.2) is 0 Å². The lowest BCUT2D eigenvalue weighted by atomic mass is 9.60. The van der Waals surface area contributed by atoms with Gasteiger partial charge < -0.3 is 10.1 Å². The van der Waals surface area contributed by atoms with E-state index in [1.807, 2.05) is 19.1 Å². The molecule has 3 nitrogen and oxygen atoms in total. The number of hydrogen-bond acceptors (Lipinski definition) is 3. The van der Waals surface area contributed by atoms with E-state index >= 15 is 0 Å². The topological polar surface area (TPSA) is 34.1 Å². The Morgan fingerprint density at radius 3 is 2.80 bits per heavy atom. The number of halogens is 1. The SMILES string of the molecule is CCOC1CC(Nc2ccc(Cl)nc2C)C12CCCC2. The molecule has 0 saturated heterocycles. The summed E-state index contributed by atoms with van der Waals surface area (Å²) in [4.78, 5) is 4.33. The molecule has 1 aromatic heterocycles. The van der Waals surface area contributed by atoms with Gasteiger partial charge in [0.2, 0.25) is 0 Å². The number of nitrogens with one attached hydrogen (secondary N) is 1. The van der Waals surface area contributed by atoms with Crippen molar-refractivity contribution in [1.29, 1.82) is 0 Å². The van der Waals surface area contributed by atoms with Crippen LogP contribution in [-0.2, 0) is 4.74 Å². The third kappa shape index (κ3) is 2.31. The monoisotopic (exact) mass is 294 g/mol. The lowest BCUT2D eigenvalue weighted by molar-refractivity contribution is -0.114. The first-order valence-electron chi connectivity index (χ1n) is 7.67. The molecule has 0 amide bonds. The van der Waals surface area contributed by atoms with E-state index in [4.69, 9.17) is 16.3 Å². The highest BCUT2D eigenvalue weighted by atomic mass is 35.5. The summed E-state index contributed by atoms with van der Waals surface area (Å²) < 4.78 is 5.96. The van der Waals surface area contributed by atoms with Gasteiger partial charge >= 0.3 is 0 Å². The Bertz CT molecular complexity index is 485. The third-order valence-electron chi connectivity index (χ3n) is 5.07. The molecular formula is C16H23ClN2O. The van der Waals surface area contributed by atoms with Crippen LogP contribution in [-0.4, -0.2) is 23.7 Å². The van der Waals surface area contributed by atoms with Gasteiger partial charge in [-0.25, -0.2) is 4.98 Å². The van der Waals surface area contributed by atoms with Crippen LogP contribution in [0.25, 0.3) is 0 Å². The summed E-state index contributed by atoms with van der Waals surface area (Å²) in [6.07, 6.45) is 6.79. The van der Waals surface area contributed by atoms with Crippen LogP contribution in [0.15, 0.2) is 12.1 Å². The summed E-state index contributed by atoms with van der Waals surface area (Å²) in [5.41, 5.74) is 2.44. The highest BCUT2D eigenvalue weighted by Gasteiger charge is 2.56. The second-order valence-corrected chi connectivity index (χ2v) is 6.47. The molecule has 1 heterocycles. The predicted molar refractivity (Wildman–Crippen MR) is 82.3 cm³/mol. The fraction of sp³-hybridized carbons (Fsp3) is 0.688. The van der Waals surface area contributed by atoms with Crippen molar-refractivity contribution in [2.24, 2.45) is 5.41 Å². The van der Waals surface area contributed by atoms with E-state index in [0.717, 1.165) is 24.4 Å². The molecule has 2 saturated carbocycles. The molecule has 2 aliphatic rings. The maximum absolute atomic E-state index is 5.96. The molecule has 3 rings (SSSR count). The van der Waals surface area contributed by atoms with Crippen LogP contribution in [0.3, 0.4) is 0 Å². The Morgan fingerprint density at radius 2 is 2.15 bits per heavy atom. The van der Waals surface area contributed by atoms with Gasteiger partial charge in [-0.05, 0) is 45.2 Å². The molecule has 2 atom stereocenters. The van der Waals surface area contributed by atoms with Crippen molar-refractivity contribution in [2.45, 2.75) is 58.1 Å². The van der Waals surface area contributed by atoms with Gasteiger partial charge in [-0.2, -0.15) is 0 Å². The van der Waals surface area contributed by atoms with Gasteiger partial charge in [-0.3, -0.25) is 0 Å². The first-order chi connectivity index (χ1) is 9.65. The zero-order valence-corrected chi connectivity index (χ0v) is 13.0. The Kier molecular flexibility index (Phi) is 3.91. The van der Waals surface area contributed by atoms with Crippen LogP contribution in [0.1, 0.15) is 44.7 Å². The van der Waals surface area contributed by atoms with E-state index in [2.05, 4.69) is 17.2 Å². The van der Waals surface area contributed by atoms with Crippen molar-refractivity contribution >= 4 is 17.3 Å². The molecule has 1 spiro atoms. The zero-order chi connectivity index (χ0) is 14.2. The van der Waals surface area contributed by atoms with Gasteiger partial charge in [0.05, 0.1) is 17.5 Å². The largest absolute Gasteiger partial charge is 0.380 e. The minimum absolute atomic E-state index is 0.349. The summed E-state index contributed by atoms with van der Waals surface area (Å²) in [6.45, 7) is 4.92. The highest BCUT2D eigenvalue weighted by molar-refractivity contribution is 6.29. The lowest BCUT2D eigenvalue weighted by Crippen LogP contribution is -2.60. The van der Waals surface area contributed by atoms with Crippen LogP contribution in [0.5, 0.6) is 0 Å². The summed E-state index contributed by atoms with van der Waals surface area (Å²) >= 11 is 5.93. The molecule has 0 bridgehead atoms. The minimum atomic E-state index is 0.349. The molecule has 1 N–H and O–H groups in total. The van der Waals surface area contributed by atoms with Crippen LogP contribution in [0, 0.1) is 12.3 Å². The number of ether oxygens (including phenoxy) is 1. The molecule has 0 radical (unpaired) electrons. The first-order valence-corrected chi connectivity index (χ1v) is 8.05. The fourth-order valence-electron chi connectivity index (χ4n) is 3.96. The van der Waals surface area contributed by atoms with Crippen LogP contribution in [0.2, 0.25) is 5.15 Å². The minimum Gasteiger partial charge on any atom is -0.380 e. The number of aryl methyl sites for hydroxylation is 1. The van der Waals surface area contributed by atoms with E-state index in [-0.39, 0.29) is 0 Å². The summed E-state index contributed by atoms with van der Waals surface area (Å²) in [5.74, 6) is 0. The van der Waals surface area contributed by atoms with Crippen LogP contribution < -0.4 is 5.32 Å². The average molecular weight is 295 g/mol. The molecule has 0 aliphatic heterocycles. The molecule has 4 heteroatoms. The first kappa shape index (κ1) is 14.2. The quantitative estimate of drug-likeness (QED) is 0.845. The Balaban J connectivity index is 1.74. The lowest BCUT2D eigenvalue weighted by Gasteiger charge is -2.54. The second kappa shape index (κ2) is 5.53. The van der Waals surface area contributed by atoms with E-state index in [0.29, 0.717) is 22.7 Å². The Hall–Kier alpha value is -0.800. The smallest absolute Gasteiger partial charge is 0.129 e. The average Bonchev–Trinajstić information content (AvgIpc) is 2.92. The number of rotatable bonds is 4. The normalized spacial score (nSPS) is 27.6. The highest BCUT2D eigenvalue weighted by Crippen LogP contribution is 2.55. The summed E-state index contributed by atoms with van der Waals surface area (Å²) in [5, 5.41) is 4.25. The maximum Gasteiger partial charge on any atom is 0.129 e. The molecular weight excluding hydrogens is 272 g/mol. The van der Waals surface area contributed by atoms with E-state index in [1.165, 1.54) is 25.7 Å². The van der Waals surface area contributed by atoms with Gasteiger partial charge in [0.25, 0.3) is 0 Å². The number of hydrogen-bond donors (Lipinski definition) is 1. The van der Waals surface area contributed by atoms with Crippen molar-refractivity contribution in [3.8, 4) is 0 Å². The molecule has 2 unspecified atom stereocenters. The molecule has 1 aromatic rings. The zero-order valence-electron chi connectivity index (χ0n) is 12.3. The Labute approximate surface area is 126 Å². The van der Waals surface area contributed by atoms with Crippen molar-refractivity contribution in [3.05, 3.63) is 23.0 Å². The number of aromatic nitrogens is 1. The molecule has 110 valence electrons. The fourth-order valence-corrected chi connectivity index (χ4v) is 4.15. The van der Waals surface area contributed by atoms with E-state index in [9.17, 15) is 0 Å². The predicted octanol–water partition coefficient (Wildman–Crippen LogP) is 4.19. The standard InChI is InChI=1S/C16H23ClN2O/c1-3-20-14-10-13(16(14)8-4-5-9-16)19-12-6-7-15(17)18-11(12)2/h6-7,13-14,19H,3-5,8-10H2,1-2H3. The number of pyridine rings is 1. The van der Waals surface area contributed by atoms with Crippen molar-refractivity contribution < 1.29 is 4.74 Å². The third-order valence-corrected chi connectivity index (χ3v) is 5.28. The van der Waals surface area contributed by atoms with Crippen LogP contribution in [0.4, 0.5) is 5.69 Å².